The number of H-pyrrole nitrogens is 1. The minimum absolute atomic E-state index is 0.0869. The Bertz CT molecular complexity index is 562. The first-order valence-corrected chi connectivity index (χ1v) is 5.84. The lowest BCUT2D eigenvalue weighted by molar-refractivity contribution is -0.127. The number of ether oxygens (including phenoxy) is 1. The minimum atomic E-state index is -1.64. The highest BCUT2D eigenvalue weighted by molar-refractivity contribution is 5.68. The van der Waals surface area contributed by atoms with Gasteiger partial charge in [-0.25, -0.2) is 9.97 Å². The van der Waals surface area contributed by atoms with E-state index in [1.165, 1.54) is 7.11 Å². The number of hydrogen-bond donors (Lipinski definition) is 5. The molecule has 21 heavy (non-hydrogen) atoms. The third-order valence-electron chi connectivity index (χ3n) is 2.41. The molecular weight excluding hydrogens is 284 g/mol. The maximum absolute atomic E-state index is 9.76. The summed E-state index contributed by atoms with van der Waals surface area (Å²) in [4.78, 5) is 24.5. The average molecular weight is 300 g/mol. The third kappa shape index (κ3) is 4.72. The number of nitrogens with zero attached hydrogens (tertiary/aromatic N) is 3. The second-order valence-corrected chi connectivity index (χ2v) is 3.86. The maximum atomic E-state index is 9.76. The number of aldehydes is 1. The number of carbonyl (C=O) groups excluding carboxylic acids is 1. The Morgan fingerprint density at radius 3 is 2.67 bits per heavy atom. The van der Waals surface area contributed by atoms with Crippen LogP contribution in [0.15, 0.2) is 12.5 Å². The van der Waals surface area contributed by atoms with E-state index in [4.69, 9.17) is 25.2 Å². The zero-order valence-electron chi connectivity index (χ0n) is 11.1. The first-order chi connectivity index (χ1) is 10.0. The van der Waals surface area contributed by atoms with Gasteiger partial charge < -0.3 is 34.9 Å². The fraction of sp³-hybridized carbons (Fsp3) is 0.455. The van der Waals surface area contributed by atoms with E-state index in [1.807, 2.05) is 0 Å². The van der Waals surface area contributed by atoms with Gasteiger partial charge in [0.25, 0.3) is 0 Å². The number of nitrogens with one attached hydrogen (secondary N) is 1. The van der Waals surface area contributed by atoms with Crippen molar-refractivity contribution >= 4 is 17.5 Å². The number of aromatic nitrogens is 4. The van der Waals surface area contributed by atoms with Crippen LogP contribution >= 0.6 is 0 Å². The summed E-state index contributed by atoms with van der Waals surface area (Å²) in [6, 6.07) is 0.338. The molecule has 0 aliphatic carbocycles. The highest BCUT2D eigenvalue weighted by atomic mass is 16.5. The largest absolute Gasteiger partial charge is 0.467 e. The second kappa shape index (κ2) is 8.21. The van der Waals surface area contributed by atoms with Crippen LogP contribution < -0.4 is 4.74 Å². The fourth-order valence-corrected chi connectivity index (χ4v) is 1.23. The van der Waals surface area contributed by atoms with E-state index in [1.54, 1.807) is 12.5 Å². The molecule has 0 aliphatic heterocycles. The normalized spacial score (nSPS) is 14.7. The zero-order chi connectivity index (χ0) is 15.8. The van der Waals surface area contributed by atoms with Crippen molar-refractivity contribution in [1.82, 2.24) is 19.9 Å². The predicted molar refractivity (Wildman–Crippen MR) is 69.4 cm³/mol. The molecule has 5 N–H and O–H groups in total. The molecular formula is C11H16N4O6. The third-order valence-corrected chi connectivity index (χ3v) is 2.41. The number of hydrogen-bond acceptors (Lipinski definition) is 9. The summed E-state index contributed by atoms with van der Waals surface area (Å²) in [6.45, 7) is -0.688. The molecule has 2 aromatic rings. The Kier molecular flexibility index (Phi) is 6.62. The van der Waals surface area contributed by atoms with E-state index in [0.29, 0.717) is 11.7 Å². The van der Waals surface area contributed by atoms with Crippen LogP contribution in [0.4, 0.5) is 0 Å². The van der Waals surface area contributed by atoms with E-state index in [0.717, 1.165) is 5.52 Å². The van der Waals surface area contributed by atoms with E-state index >= 15 is 0 Å². The lowest BCUT2D eigenvalue weighted by atomic mass is 10.1. The summed E-state index contributed by atoms with van der Waals surface area (Å²) in [6.07, 6.45) is -1.43. The monoisotopic (exact) mass is 300 g/mol. The van der Waals surface area contributed by atoms with Crippen molar-refractivity contribution in [2.45, 2.75) is 18.3 Å². The van der Waals surface area contributed by atoms with Crippen LogP contribution in [0, 0.1) is 0 Å². The van der Waals surface area contributed by atoms with Crippen LogP contribution in [0.1, 0.15) is 0 Å². The topological polar surface area (TPSA) is 162 Å². The van der Waals surface area contributed by atoms with Crippen LogP contribution in [0.2, 0.25) is 0 Å². The summed E-state index contributed by atoms with van der Waals surface area (Å²) in [5.41, 5.74) is 1.43. The van der Waals surface area contributed by atoms with Crippen molar-refractivity contribution in [3.05, 3.63) is 12.5 Å². The smallest absolute Gasteiger partial charge is 0.318 e. The van der Waals surface area contributed by atoms with E-state index < -0.39 is 24.9 Å². The van der Waals surface area contributed by atoms with Gasteiger partial charge in [0.15, 0.2) is 11.9 Å². The lowest BCUT2D eigenvalue weighted by Gasteiger charge is -2.16. The maximum Gasteiger partial charge on any atom is 0.318 e. The molecule has 2 aromatic heterocycles. The fourth-order valence-electron chi connectivity index (χ4n) is 1.23. The molecule has 0 saturated carbocycles. The molecule has 0 fully saturated rings. The molecule has 0 spiro atoms. The highest BCUT2D eigenvalue weighted by Crippen LogP contribution is 2.07. The molecule has 0 aliphatic rings. The predicted octanol–water partition coefficient (Wildman–Crippen LogP) is -2.38. The molecule has 2 heterocycles. The molecule has 0 amide bonds. The minimum Gasteiger partial charge on any atom is -0.467 e. The summed E-state index contributed by atoms with van der Waals surface area (Å²) < 4.78 is 4.82. The van der Waals surface area contributed by atoms with E-state index in [2.05, 4.69) is 19.9 Å². The molecule has 0 saturated heterocycles. The number of aliphatic hydroxyl groups is 4. The summed E-state index contributed by atoms with van der Waals surface area (Å²) in [7, 11) is 1.52. The lowest BCUT2D eigenvalue weighted by Crippen LogP contribution is -2.40. The van der Waals surface area contributed by atoms with Gasteiger partial charge in [0.1, 0.15) is 23.8 Å². The van der Waals surface area contributed by atoms with Crippen molar-refractivity contribution in [3.63, 3.8) is 0 Å². The van der Waals surface area contributed by atoms with Gasteiger partial charge in [-0.3, -0.25) is 0 Å². The van der Waals surface area contributed by atoms with Gasteiger partial charge in [0.05, 0.1) is 26.2 Å². The van der Waals surface area contributed by atoms with Crippen LogP contribution in [0.5, 0.6) is 6.01 Å². The first kappa shape index (κ1) is 16.9. The zero-order valence-corrected chi connectivity index (χ0v) is 11.1. The molecule has 0 bridgehead atoms. The van der Waals surface area contributed by atoms with Crippen molar-refractivity contribution in [2.24, 2.45) is 0 Å². The molecule has 0 aromatic carbocycles. The van der Waals surface area contributed by atoms with E-state index in [-0.39, 0.29) is 6.29 Å². The van der Waals surface area contributed by atoms with Crippen molar-refractivity contribution in [3.8, 4) is 6.01 Å². The van der Waals surface area contributed by atoms with Crippen LogP contribution in [0.3, 0.4) is 0 Å². The number of methoxy groups -OCH3 is 1. The molecule has 3 unspecified atom stereocenters. The molecule has 116 valence electrons. The Hall–Kier alpha value is -2.14. The Balaban J connectivity index is 0.000000212. The summed E-state index contributed by atoms with van der Waals surface area (Å²) >= 11 is 0. The number of carbonyl (C=O) groups is 1. The highest BCUT2D eigenvalue weighted by Gasteiger charge is 2.22. The Morgan fingerprint density at radius 1 is 1.38 bits per heavy atom. The number of rotatable bonds is 5. The van der Waals surface area contributed by atoms with Crippen molar-refractivity contribution < 1.29 is 30.0 Å². The Labute approximate surface area is 119 Å². The SMILES string of the molecule is COc1ncc2[nH]cnc2n1.O=CC(O)C(O)C(O)CO. The van der Waals surface area contributed by atoms with Gasteiger partial charge in [-0.15, -0.1) is 0 Å². The van der Waals surface area contributed by atoms with Gasteiger partial charge in [0, 0.05) is 0 Å². The van der Waals surface area contributed by atoms with Gasteiger partial charge >= 0.3 is 6.01 Å². The van der Waals surface area contributed by atoms with Gasteiger partial charge in [-0.05, 0) is 0 Å². The van der Waals surface area contributed by atoms with Crippen LogP contribution in [-0.4, -0.2) is 78.7 Å². The number of aliphatic hydroxyl groups excluding tert-OH is 4. The van der Waals surface area contributed by atoms with Gasteiger partial charge in [0.2, 0.25) is 0 Å². The molecule has 2 rings (SSSR count). The first-order valence-electron chi connectivity index (χ1n) is 5.84. The number of fused-ring (bicyclic) bond motifs is 1. The molecule has 10 heteroatoms. The molecule has 0 radical (unpaired) electrons. The van der Waals surface area contributed by atoms with Gasteiger partial charge in [-0.2, -0.15) is 4.98 Å². The van der Waals surface area contributed by atoms with Crippen molar-refractivity contribution in [2.75, 3.05) is 13.7 Å². The van der Waals surface area contributed by atoms with Crippen molar-refractivity contribution in [1.29, 1.82) is 0 Å². The van der Waals surface area contributed by atoms with E-state index in [9.17, 15) is 4.79 Å². The molecule has 3 atom stereocenters. The standard InChI is InChI=1S/C6H6N4O.C5H10O5/c1-11-6-7-2-4-5(10-6)9-3-8-4;6-1-3(8)5(10)4(9)2-7/h2-3H,1H3,(H,7,8,9,10);1,3-5,7-10H,2H2. The average Bonchev–Trinajstić information content (AvgIpc) is 3.00. The Morgan fingerprint density at radius 2 is 2.10 bits per heavy atom. The quantitative estimate of drug-likeness (QED) is 0.379. The number of imidazole rings is 1. The number of aromatic amines is 1. The summed E-state index contributed by atoms with van der Waals surface area (Å²) in [5, 5.41) is 34.1. The summed E-state index contributed by atoms with van der Waals surface area (Å²) in [5.74, 6) is 0. The van der Waals surface area contributed by atoms with Gasteiger partial charge in [-0.1, -0.05) is 0 Å². The molecule has 10 nitrogen and oxygen atoms in total. The van der Waals surface area contributed by atoms with Crippen LogP contribution in [-0.2, 0) is 4.79 Å². The van der Waals surface area contributed by atoms with Crippen LogP contribution in [0.25, 0.3) is 11.2 Å². The second-order valence-electron chi connectivity index (χ2n) is 3.86.